The number of halogens is 6. The van der Waals surface area contributed by atoms with Crippen LogP contribution in [0.4, 0.5) is 26.3 Å². The van der Waals surface area contributed by atoms with Gasteiger partial charge in [-0.2, -0.15) is 22.0 Å². The molecule has 12 heteroatoms. The number of hydrogen-bond acceptors (Lipinski definition) is 5. The van der Waals surface area contributed by atoms with E-state index < -0.39 is 56.0 Å². The summed E-state index contributed by atoms with van der Waals surface area (Å²) in [6.45, 7) is 0. The van der Waals surface area contributed by atoms with Gasteiger partial charge >= 0.3 is 12.3 Å². The van der Waals surface area contributed by atoms with Crippen LogP contribution in [0.25, 0.3) is 0 Å². The zero-order chi connectivity index (χ0) is 16.9. The van der Waals surface area contributed by atoms with Crippen LogP contribution in [0, 0.1) is 0 Å². The summed E-state index contributed by atoms with van der Waals surface area (Å²) in [5, 5.41) is 3.17. The molecule has 0 spiro atoms. The first-order chi connectivity index (χ1) is 10.2. The standard InChI is InChI=1S/C10H8F6N2O2S2/c1-20-17-4-6-7(10(14,15)16)18-9(21-6)22(19)3-2-5(11)8(12)13/h4H,2-3H2,1H3/b17-4+. The van der Waals surface area contributed by atoms with Gasteiger partial charge in [-0.15, -0.1) is 11.3 Å². The van der Waals surface area contributed by atoms with Crippen LogP contribution in [0.15, 0.2) is 21.4 Å². The predicted molar refractivity (Wildman–Crippen MR) is 68.0 cm³/mol. The molecule has 0 aliphatic carbocycles. The summed E-state index contributed by atoms with van der Waals surface area (Å²) in [5.41, 5.74) is -1.32. The van der Waals surface area contributed by atoms with Crippen molar-refractivity contribution < 1.29 is 35.4 Å². The van der Waals surface area contributed by atoms with Crippen molar-refractivity contribution in [3.8, 4) is 0 Å². The Bertz CT molecular complexity index is 607. The van der Waals surface area contributed by atoms with Crippen molar-refractivity contribution >= 4 is 28.4 Å². The highest BCUT2D eigenvalue weighted by atomic mass is 32.2. The molecule has 0 aliphatic heterocycles. The second kappa shape index (κ2) is 7.72. The summed E-state index contributed by atoms with van der Waals surface area (Å²) in [6, 6.07) is 0. The molecule has 1 aromatic rings. The Kier molecular flexibility index (Phi) is 6.53. The fourth-order valence-corrected chi connectivity index (χ4v) is 3.47. The minimum atomic E-state index is -4.82. The second-order valence-electron chi connectivity index (χ2n) is 3.57. The lowest BCUT2D eigenvalue weighted by molar-refractivity contribution is -0.141. The van der Waals surface area contributed by atoms with Crippen LogP contribution in [-0.2, 0) is 21.8 Å². The highest BCUT2D eigenvalue weighted by Crippen LogP contribution is 2.34. The van der Waals surface area contributed by atoms with Gasteiger partial charge in [0.2, 0.25) is 0 Å². The maximum absolute atomic E-state index is 12.7. The van der Waals surface area contributed by atoms with Crippen molar-refractivity contribution in [1.29, 1.82) is 0 Å². The molecule has 1 rings (SSSR count). The minimum Gasteiger partial charge on any atom is -0.399 e. The van der Waals surface area contributed by atoms with Crippen molar-refractivity contribution in [3.05, 3.63) is 22.5 Å². The zero-order valence-corrected chi connectivity index (χ0v) is 12.4. The largest absolute Gasteiger partial charge is 0.434 e. The number of aromatic nitrogens is 1. The molecule has 1 atom stereocenters. The minimum absolute atomic E-state index is 0.408. The fraction of sp³-hybridized carbons (Fsp3) is 0.400. The van der Waals surface area contributed by atoms with E-state index in [1.54, 1.807) is 0 Å². The Morgan fingerprint density at radius 3 is 2.55 bits per heavy atom. The molecule has 0 aliphatic rings. The van der Waals surface area contributed by atoms with Gasteiger partial charge in [-0.1, -0.05) is 5.16 Å². The third kappa shape index (κ3) is 5.09. The van der Waals surface area contributed by atoms with Crippen LogP contribution in [0.1, 0.15) is 17.0 Å². The predicted octanol–water partition coefficient (Wildman–Crippen LogP) is 3.72. The molecule has 0 saturated carbocycles. The average Bonchev–Trinajstić information content (AvgIpc) is 2.86. The SMILES string of the molecule is CO/N=C/c1sc(S(=O)CCC(F)=C(F)F)nc1C(F)(F)F. The monoisotopic (exact) mass is 366 g/mol. The van der Waals surface area contributed by atoms with Crippen molar-refractivity contribution in [2.75, 3.05) is 12.9 Å². The van der Waals surface area contributed by atoms with Crippen LogP contribution in [0.2, 0.25) is 0 Å². The lowest BCUT2D eigenvalue weighted by Gasteiger charge is -2.02. The molecule has 22 heavy (non-hydrogen) atoms. The number of allylic oxidation sites excluding steroid dienone is 1. The normalized spacial score (nSPS) is 13.4. The van der Waals surface area contributed by atoms with Gasteiger partial charge in [-0.3, -0.25) is 4.21 Å². The maximum Gasteiger partial charge on any atom is 0.434 e. The van der Waals surface area contributed by atoms with Crippen LogP contribution in [0.3, 0.4) is 0 Å². The summed E-state index contributed by atoms with van der Waals surface area (Å²) in [7, 11) is -1.04. The molecule has 0 radical (unpaired) electrons. The molecule has 124 valence electrons. The number of nitrogens with zero attached hydrogens (tertiary/aromatic N) is 2. The molecule has 0 saturated heterocycles. The summed E-state index contributed by atoms with van der Waals surface area (Å²) in [6.07, 6.45) is -7.50. The second-order valence-corrected chi connectivity index (χ2v) is 6.35. The van der Waals surface area contributed by atoms with Gasteiger partial charge in [-0.05, 0) is 0 Å². The smallest absolute Gasteiger partial charge is 0.399 e. The third-order valence-electron chi connectivity index (χ3n) is 2.08. The fourth-order valence-electron chi connectivity index (χ4n) is 1.16. The first-order valence-electron chi connectivity index (χ1n) is 5.39. The number of thiazole rings is 1. The zero-order valence-electron chi connectivity index (χ0n) is 10.8. The van der Waals surface area contributed by atoms with E-state index in [4.69, 9.17) is 0 Å². The number of hydrogen-bond donors (Lipinski definition) is 0. The van der Waals surface area contributed by atoms with Crippen molar-refractivity contribution in [2.24, 2.45) is 5.16 Å². The molecule has 0 N–H and O–H groups in total. The number of rotatable bonds is 6. The van der Waals surface area contributed by atoms with E-state index in [2.05, 4.69) is 15.0 Å². The molecule has 1 unspecified atom stereocenters. The summed E-state index contributed by atoms with van der Waals surface area (Å²) < 4.78 is 85.8. The van der Waals surface area contributed by atoms with Crippen LogP contribution < -0.4 is 0 Å². The van der Waals surface area contributed by atoms with Gasteiger partial charge in [0, 0.05) is 12.2 Å². The van der Waals surface area contributed by atoms with Crippen molar-refractivity contribution in [1.82, 2.24) is 4.98 Å². The molecular formula is C10H8F6N2O2S2. The molecule has 0 amide bonds. The van der Waals surface area contributed by atoms with Crippen molar-refractivity contribution in [3.63, 3.8) is 0 Å². The van der Waals surface area contributed by atoms with E-state index in [0.717, 1.165) is 13.3 Å². The first kappa shape index (κ1) is 18.6. The Hall–Kier alpha value is -1.43. The lowest BCUT2D eigenvalue weighted by atomic mass is 10.4. The summed E-state index contributed by atoms with van der Waals surface area (Å²) >= 11 is 0.408. The van der Waals surface area contributed by atoms with Gasteiger partial charge < -0.3 is 4.84 Å². The van der Waals surface area contributed by atoms with Gasteiger partial charge in [-0.25, -0.2) is 9.37 Å². The van der Waals surface area contributed by atoms with Gasteiger partial charge in [0.25, 0.3) is 0 Å². The quantitative estimate of drug-likeness (QED) is 0.438. The molecule has 1 heterocycles. The molecule has 4 nitrogen and oxygen atoms in total. The molecule has 1 aromatic heterocycles. The molecule has 0 bridgehead atoms. The Labute approximate surface area is 126 Å². The van der Waals surface area contributed by atoms with E-state index in [0.29, 0.717) is 11.3 Å². The van der Waals surface area contributed by atoms with E-state index in [1.165, 1.54) is 0 Å². The number of alkyl halides is 3. The first-order valence-corrected chi connectivity index (χ1v) is 7.53. The number of oxime groups is 1. The molecule has 0 fully saturated rings. The maximum atomic E-state index is 12.7. The summed E-state index contributed by atoms with van der Waals surface area (Å²) in [4.78, 5) is 6.98. The van der Waals surface area contributed by atoms with Crippen LogP contribution >= 0.6 is 11.3 Å². The Morgan fingerprint density at radius 1 is 1.41 bits per heavy atom. The van der Waals surface area contributed by atoms with Gasteiger partial charge in [0.15, 0.2) is 15.9 Å². The van der Waals surface area contributed by atoms with E-state index in [1.807, 2.05) is 0 Å². The van der Waals surface area contributed by atoms with Crippen LogP contribution in [0.5, 0.6) is 0 Å². The van der Waals surface area contributed by atoms with Gasteiger partial charge in [0.1, 0.15) is 7.11 Å². The van der Waals surface area contributed by atoms with E-state index in [-0.39, 0.29) is 0 Å². The van der Waals surface area contributed by atoms with Crippen molar-refractivity contribution in [2.45, 2.75) is 16.9 Å². The lowest BCUT2D eigenvalue weighted by Crippen LogP contribution is -2.09. The third-order valence-corrected chi connectivity index (χ3v) is 4.73. The molecule has 0 aromatic carbocycles. The summed E-state index contributed by atoms with van der Waals surface area (Å²) in [5.74, 6) is -2.38. The highest BCUT2D eigenvalue weighted by Gasteiger charge is 2.37. The van der Waals surface area contributed by atoms with E-state index in [9.17, 15) is 30.6 Å². The average molecular weight is 366 g/mol. The topological polar surface area (TPSA) is 51.5 Å². The Balaban J connectivity index is 3.01. The van der Waals surface area contributed by atoms with Gasteiger partial charge in [0.05, 0.1) is 21.9 Å². The van der Waals surface area contributed by atoms with Crippen LogP contribution in [-0.4, -0.2) is 28.3 Å². The highest BCUT2D eigenvalue weighted by molar-refractivity contribution is 7.87. The van der Waals surface area contributed by atoms with E-state index >= 15 is 0 Å². The molecular weight excluding hydrogens is 358 g/mol. The Morgan fingerprint density at radius 2 is 2.05 bits per heavy atom.